The van der Waals surface area contributed by atoms with Crippen molar-refractivity contribution in [3.63, 3.8) is 0 Å². The SMILES string of the molecule is COc1cc(CNCCNC(=O)c2cccc(C(=O)N(C)CCN3CCC(OC(=O)N(c4ccccc4-c4ccccc4)N(C(=O)O)c4ccccc4-c4ccccc4)CC3)c2)ccc1O. The van der Waals surface area contributed by atoms with Gasteiger partial charge in [0.2, 0.25) is 0 Å². The molecule has 7 rings (SSSR count). The lowest BCUT2D eigenvalue weighted by atomic mass is 10.0. The average Bonchev–Trinajstić information content (AvgIpc) is 3.35. The zero-order valence-electron chi connectivity index (χ0n) is 37.0. The van der Waals surface area contributed by atoms with E-state index in [2.05, 4.69) is 15.5 Å². The topological polar surface area (TPSA) is 164 Å². The maximum Gasteiger partial charge on any atom is 0.434 e. The molecule has 6 aromatic rings. The fourth-order valence-electron chi connectivity index (χ4n) is 7.91. The number of phenolic OH excluding ortho intramolecular Hbond substituents is 1. The highest BCUT2D eigenvalue weighted by molar-refractivity contribution is 6.06. The van der Waals surface area contributed by atoms with Crippen LogP contribution in [0, 0.1) is 0 Å². The molecule has 0 unspecified atom stereocenters. The van der Waals surface area contributed by atoms with Crippen LogP contribution in [-0.4, -0.2) is 104 Å². The summed E-state index contributed by atoms with van der Waals surface area (Å²) in [4.78, 5) is 58.3. The number of carboxylic acid groups (broad SMARTS) is 1. The van der Waals surface area contributed by atoms with Crippen molar-refractivity contribution in [2.75, 3.05) is 63.4 Å². The standard InChI is InChI=1S/C52H54N6O8/c1-55(50(61)41-19-13-18-40(35-41)49(60)54-29-28-53-36-37-24-25-47(59)48(34-37)65-2)32-33-56-30-26-42(27-31-56)66-52(64)58(46-23-12-10-21-44(46)39-16-7-4-8-17-39)57(51(62)63)45-22-11-9-20-43(45)38-14-5-3-6-15-38/h3-25,34-35,42,53,59H,26-33,36H2,1-2H3,(H,54,60)(H,62,63). The van der Waals surface area contributed by atoms with Gasteiger partial charge in [0.25, 0.3) is 11.8 Å². The highest BCUT2D eigenvalue weighted by atomic mass is 16.6. The summed E-state index contributed by atoms with van der Waals surface area (Å²) in [5.41, 5.74) is 5.18. The van der Waals surface area contributed by atoms with Crippen LogP contribution < -0.4 is 25.4 Å². The number of likely N-dealkylation sites (N-methyl/N-ethyl adjacent to an activating group) is 1. The van der Waals surface area contributed by atoms with Gasteiger partial charge < -0.3 is 40.1 Å². The second-order valence-corrected chi connectivity index (χ2v) is 15.8. The van der Waals surface area contributed by atoms with E-state index >= 15 is 0 Å². The summed E-state index contributed by atoms with van der Waals surface area (Å²) in [6.45, 7) is 3.58. The number of carbonyl (C=O) groups excluding carboxylic acids is 3. The smallest absolute Gasteiger partial charge is 0.434 e. The van der Waals surface area contributed by atoms with Crippen LogP contribution in [-0.2, 0) is 11.3 Å². The minimum atomic E-state index is -1.37. The van der Waals surface area contributed by atoms with Crippen LogP contribution in [0.25, 0.3) is 22.3 Å². The lowest BCUT2D eigenvalue weighted by molar-refractivity contribution is 0.0503. The summed E-state index contributed by atoms with van der Waals surface area (Å²) in [6, 6.07) is 44.9. The Bertz CT molecular complexity index is 2600. The van der Waals surface area contributed by atoms with Crippen LogP contribution in [0.2, 0.25) is 0 Å². The molecule has 66 heavy (non-hydrogen) atoms. The zero-order chi connectivity index (χ0) is 46.4. The van der Waals surface area contributed by atoms with Crippen LogP contribution in [0.5, 0.6) is 11.5 Å². The number of hydrogen-bond acceptors (Lipinski definition) is 9. The minimum absolute atomic E-state index is 0.0696. The van der Waals surface area contributed by atoms with Crippen LogP contribution in [0.1, 0.15) is 39.1 Å². The van der Waals surface area contributed by atoms with Gasteiger partial charge in [-0.25, -0.2) is 9.59 Å². The fraction of sp³-hybridized carbons (Fsp3) is 0.231. The third-order valence-electron chi connectivity index (χ3n) is 11.4. The zero-order valence-corrected chi connectivity index (χ0v) is 37.0. The normalized spacial score (nSPS) is 12.8. The Hall–Kier alpha value is -7.68. The number of amides is 4. The molecular weight excluding hydrogens is 837 g/mol. The number of nitrogens with one attached hydrogen (secondary N) is 2. The second kappa shape index (κ2) is 22.3. The molecule has 1 fully saturated rings. The van der Waals surface area contributed by atoms with Gasteiger partial charge in [0, 0.05) is 75.1 Å². The number of benzene rings is 6. The van der Waals surface area contributed by atoms with Gasteiger partial charge in [0.05, 0.1) is 18.5 Å². The van der Waals surface area contributed by atoms with Gasteiger partial charge in [0.1, 0.15) is 6.10 Å². The number of piperidine rings is 1. The molecule has 14 nitrogen and oxygen atoms in total. The summed E-state index contributed by atoms with van der Waals surface area (Å²) in [5, 5.41) is 29.0. The van der Waals surface area contributed by atoms with E-state index in [1.54, 1.807) is 78.7 Å². The van der Waals surface area contributed by atoms with Gasteiger partial charge in [-0.15, -0.1) is 0 Å². The number of hydrazine groups is 1. The van der Waals surface area contributed by atoms with Crippen molar-refractivity contribution >= 4 is 35.4 Å². The van der Waals surface area contributed by atoms with Gasteiger partial charge in [-0.05, 0) is 72.0 Å². The Morgan fingerprint density at radius 1 is 0.697 bits per heavy atom. The Labute approximate surface area is 384 Å². The first-order valence-corrected chi connectivity index (χ1v) is 21.9. The number of methoxy groups -OCH3 is 1. The predicted octanol–water partition coefficient (Wildman–Crippen LogP) is 8.53. The molecule has 6 aromatic carbocycles. The monoisotopic (exact) mass is 890 g/mol. The first-order valence-electron chi connectivity index (χ1n) is 21.9. The van der Waals surface area contributed by atoms with Gasteiger partial charge >= 0.3 is 12.2 Å². The number of carbonyl (C=O) groups is 4. The molecule has 0 radical (unpaired) electrons. The van der Waals surface area contributed by atoms with Gasteiger partial charge in [-0.1, -0.05) is 109 Å². The van der Waals surface area contributed by atoms with E-state index in [1.165, 1.54) is 7.11 Å². The van der Waals surface area contributed by atoms with E-state index in [0.717, 1.165) is 26.7 Å². The number of rotatable bonds is 16. The number of hydrogen-bond donors (Lipinski definition) is 4. The second-order valence-electron chi connectivity index (χ2n) is 15.8. The van der Waals surface area contributed by atoms with E-state index in [1.807, 2.05) is 84.9 Å². The van der Waals surface area contributed by atoms with Crippen LogP contribution in [0.3, 0.4) is 0 Å². The number of nitrogens with zero attached hydrogens (tertiary/aromatic N) is 4. The number of para-hydroxylation sites is 2. The number of aromatic hydroxyl groups is 1. The third-order valence-corrected chi connectivity index (χ3v) is 11.4. The van der Waals surface area contributed by atoms with Crippen molar-refractivity contribution in [2.45, 2.75) is 25.5 Å². The predicted molar refractivity (Wildman–Crippen MR) is 255 cm³/mol. The maximum absolute atomic E-state index is 14.6. The van der Waals surface area contributed by atoms with Crippen LogP contribution in [0.4, 0.5) is 21.0 Å². The number of likely N-dealkylation sites (tertiary alicyclic amines) is 1. The van der Waals surface area contributed by atoms with Crippen molar-refractivity contribution in [1.82, 2.24) is 20.4 Å². The quantitative estimate of drug-likeness (QED) is 0.0547. The van der Waals surface area contributed by atoms with Crippen molar-refractivity contribution in [3.05, 3.63) is 168 Å². The van der Waals surface area contributed by atoms with Crippen molar-refractivity contribution < 1.29 is 38.9 Å². The lowest BCUT2D eigenvalue weighted by Gasteiger charge is -2.37. The molecule has 0 spiro atoms. The molecular formula is C52H54N6O8. The molecule has 0 atom stereocenters. The minimum Gasteiger partial charge on any atom is -0.504 e. The summed E-state index contributed by atoms with van der Waals surface area (Å²) >= 11 is 0. The van der Waals surface area contributed by atoms with Crippen molar-refractivity contribution in [1.29, 1.82) is 0 Å². The van der Waals surface area contributed by atoms with Crippen LogP contribution in [0.15, 0.2) is 152 Å². The molecule has 4 amide bonds. The number of ether oxygens (including phenoxy) is 2. The Morgan fingerprint density at radius 3 is 1.91 bits per heavy atom. The van der Waals surface area contributed by atoms with E-state index in [-0.39, 0.29) is 23.3 Å². The average molecular weight is 891 g/mol. The first-order chi connectivity index (χ1) is 32.1. The molecule has 340 valence electrons. The van der Waals surface area contributed by atoms with E-state index in [4.69, 9.17) is 9.47 Å². The third kappa shape index (κ3) is 11.5. The molecule has 1 saturated heterocycles. The summed E-state index contributed by atoms with van der Waals surface area (Å²) in [5.74, 6) is -0.0450. The van der Waals surface area contributed by atoms with E-state index in [0.29, 0.717) is 92.3 Å². The van der Waals surface area contributed by atoms with Gasteiger partial charge in [-0.2, -0.15) is 10.0 Å². The molecule has 1 aliphatic rings. The van der Waals surface area contributed by atoms with Crippen LogP contribution >= 0.6 is 0 Å². The van der Waals surface area contributed by atoms with E-state index in [9.17, 15) is 29.4 Å². The number of anilines is 2. The molecule has 0 aromatic heterocycles. The van der Waals surface area contributed by atoms with Gasteiger partial charge in [-0.3, -0.25) is 9.59 Å². The molecule has 14 heteroatoms. The highest BCUT2D eigenvalue weighted by Gasteiger charge is 2.36. The molecule has 4 N–H and O–H groups in total. The molecule has 1 heterocycles. The van der Waals surface area contributed by atoms with Crippen molar-refractivity contribution in [2.24, 2.45) is 0 Å². The summed E-state index contributed by atoms with van der Waals surface area (Å²) in [6.07, 6.45) is -1.68. The van der Waals surface area contributed by atoms with Crippen molar-refractivity contribution in [3.8, 4) is 33.8 Å². The molecule has 1 aliphatic heterocycles. The molecule has 0 bridgehead atoms. The Balaban J connectivity index is 0.955. The molecule has 0 aliphatic carbocycles. The van der Waals surface area contributed by atoms with E-state index < -0.39 is 18.3 Å². The largest absolute Gasteiger partial charge is 0.504 e. The first kappa shape index (κ1) is 46.3. The van der Waals surface area contributed by atoms with Gasteiger partial charge in [0.15, 0.2) is 11.5 Å². The summed E-state index contributed by atoms with van der Waals surface area (Å²) in [7, 11) is 3.22. The number of phenols is 1. The fourth-order valence-corrected chi connectivity index (χ4v) is 7.91. The Morgan fingerprint density at radius 2 is 1.29 bits per heavy atom. The Kier molecular flexibility index (Phi) is 15.6. The molecule has 0 saturated carbocycles. The summed E-state index contributed by atoms with van der Waals surface area (Å²) < 4.78 is 11.4. The maximum atomic E-state index is 14.6. The highest BCUT2D eigenvalue weighted by Crippen LogP contribution is 2.38. The lowest BCUT2D eigenvalue weighted by Crippen LogP contribution is -2.52.